The van der Waals surface area contributed by atoms with Crippen LogP contribution in [-0.4, -0.2) is 34.3 Å². The van der Waals surface area contributed by atoms with Crippen LogP contribution in [0.1, 0.15) is 26.3 Å². The summed E-state index contributed by atoms with van der Waals surface area (Å²) in [7, 11) is 0. The molecule has 1 aliphatic heterocycles. The number of benzene rings is 1. The second kappa shape index (κ2) is 6.68. The molecule has 0 saturated carbocycles. The average Bonchev–Trinajstić information content (AvgIpc) is 2.74. The van der Waals surface area contributed by atoms with E-state index in [1.807, 2.05) is 12.1 Å². The van der Waals surface area contributed by atoms with E-state index in [9.17, 15) is 9.59 Å². The van der Waals surface area contributed by atoms with Crippen LogP contribution in [0.25, 0.3) is 0 Å². The molecule has 114 valence electrons. The van der Waals surface area contributed by atoms with E-state index < -0.39 is 0 Å². The third-order valence-corrected chi connectivity index (χ3v) is 3.54. The number of halogens is 1. The van der Waals surface area contributed by atoms with Crippen LogP contribution in [0.4, 0.5) is 0 Å². The molecule has 0 unspecified atom stereocenters. The smallest absolute Gasteiger partial charge is 0.261 e. The highest BCUT2D eigenvalue weighted by atomic mass is 35.5. The molecule has 5 nitrogen and oxygen atoms in total. The highest BCUT2D eigenvalue weighted by Crippen LogP contribution is 2.22. The largest absolute Gasteiger partial charge is 0.326 e. The minimum Gasteiger partial charge on any atom is -0.326 e. The molecular weight excluding hydrogens is 302 g/mol. The summed E-state index contributed by atoms with van der Waals surface area (Å²) in [6.07, 6.45) is 3.99. The third-order valence-electron chi connectivity index (χ3n) is 3.54. The summed E-state index contributed by atoms with van der Waals surface area (Å²) in [4.78, 5) is 29.6. The van der Waals surface area contributed by atoms with Crippen LogP contribution >= 0.6 is 12.4 Å². The average molecular weight is 318 g/mol. The molecule has 2 heterocycles. The van der Waals surface area contributed by atoms with Gasteiger partial charge in [0.15, 0.2) is 0 Å². The first kappa shape index (κ1) is 16.1. The van der Waals surface area contributed by atoms with Gasteiger partial charge < -0.3 is 5.73 Å². The first-order valence-corrected chi connectivity index (χ1v) is 6.76. The minimum absolute atomic E-state index is 0. The summed E-state index contributed by atoms with van der Waals surface area (Å²) in [5, 5.41) is 0. The normalized spacial score (nSPS) is 14.5. The minimum atomic E-state index is -0.297. The number of imide groups is 1. The fraction of sp³-hybridized carbons (Fsp3) is 0.188. The first-order chi connectivity index (χ1) is 10.2. The number of rotatable bonds is 4. The standard InChI is InChI=1S/C16H15N3O2.ClH/c17-12(9-11-5-7-18-8-6-11)10-19-15(20)13-3-1-2-4-14(13)16(19)21;/h1-8,12H,9-10,17H2;1H/t12-;/m0./s1. The van der Waals surface area contributed by atoms with Gasteiger partial charge in [-0.1, -0.05) is 12.1 Å². The fourth-order valence-corrected chi connectivity index (χ4v) is 2.53. The van der Waals surface area contributed by atoms with Gasteiger partial charge in [-0.3, -0.25) is 19.5 Å². The van der Waals surface area contributed by atoms with Gasteiger partial charge >= 0.3 is 0 Å². The fourth-order valence-electron chi connectivity index (χ4n) is 2.53. The Morgan fingerprint density at radius 3 is 2.09 bits per heavy atom. The highest BCUT2D eigenvalue weighted by Gasteiger charge is 2.35. The molecule has 22 heavy (non-hydrogen) atoms. The number of hydrogen-bond acceptors (Lipinski definition) is 4. The number of amides is 2. The molecule has 1 aromatic heterocycles. The van der Waals surface area contributed by atoms with Gasteiger partial charge in [0.25, 0.3) is 11.8 Å². The second-order valence-electron chi connectivity index (χ2n) is 5.09. The van der Waals surface area contributed by atoms with E-state index in [-0.39, 0.29) is 36.8 Å². The lowest BCUT2D eigenvalue weighted by Gasteiger charge is -2.19. The lowest BCUT2D eigenvalue weighted by atomic mass is 10.1. The van der Waals surface area contributed by atoms with Gasteiger partial charge in [0.1, 0.15) is 0 Å². The lowest BCUT2D eigenvalue weighted by Crippen LogP contribution is -2.41. The topological polar surface area (TPSA) is 76.3 Å². The van der Waals surface area contributed by atoms with Crippen molar-refractivity contribution < 1.29 is 9.59 Å². The van der Waals surface area contributed by atoms with E-state index in [1.54, 1.807) is 36.7 Å². The molecule has 3 rings (SSSR count). The van der Waals surface area contributed by atoms with Gasteiger partial charge in [0, 0.05) is 25.0 Å². The maximum Gasteiger partial charge on any atom is 0.261 e. The van der Waals surface area contributed by atoms with Crippen molar-refractivity contribution in [3.63, 3.8) is 0 Å². The summed E-state index contributed by atoms with van der Waals surface area (Å²) in [5.41, 5.74) is 8.03. The predicted octanol–water partition coefficient (Wildman–Crippen LogP) is 1.67. The SMILES string of the molecule is Cl.N[C@@H](Cc1ccncc1)CN1C(=O)c2ccccc2C1=O. The van der Waals surface area contributed by atoms with Crippen LogP contribution in [0, 0.1) is 0 Å². The quantitative estimate of drug-likeness (QED) is 0.870. The summed E-state index contributed by atoms with van der Waals surface area (Å²) < 4.78 is 0. The highest BCUT2D eigenvalue weighted by molar-refractivity contribution is 6.21. The first-order valence-electron chi connectivity index (χ1n) is 6.76. The summed E-state index contributed by atoms with van der Waals surface area (Å²) in [5.74, 6) is -0.526. The summed E-state index contributed by atoms with van der Waals surface area (Å²) in [6.45, 7) is 0.217. The van der Waals surface area contributed by atoms with Crippen molar-refractivity contribution >= 4 is 24.2 Å². The van der Waals surface area contributed by atoms with Crippen molar-refractivity contribution in [3.05, 3.63) is 65.5 Å². The molecule has 1 atom stereocenters. The Hall–Kier alpha value is -2.24. The van der Waals surface area contributed by atoms with Crippen LogP contribution in [0.15, 0.2) is 48.8 Å². The van der Waals surface area contributed by atoms with Crippen LogP contribution < -0.4 is 5.73 Å². The molecule has 2 N–H and O–H groups in total. The van der Waals surface area contributed by atoms with E-state index in [2.05, 4.69) is 4.98 Å². The third kappa shape index (κ3) is 3.00. The van der Waals surface area contributed by atoms with Crippen molar-refractivity contribution in [2.45, 2.75) is 12.5 Å². The van der Waals surface area contributed by atoms with Gasteiger partial charge in [-0.2, -0.15) is 0 Å². The zero-order chi connectivity index (χ0) is 14.8. The Morgan fingerprint density at radius 2 is 1.55 bits per heavy atom. The molecule has 0 radical (unpaired) electrons. The number of carbonyl (C=O) groups excluding carboxylic acids is 2. The van der Waals surface area contributed by atoms with Gasteiger partial charge in [-0.15, -0.1) is 12.4 Å². The molecule has 1 aromatic carbocycles. The van der Waals surface area contributed by atoms with Crippen molar-refractivity contribution in [3.8, 4) is 0 Å². The van der Waals surface area contributed by atoms with Gasteiger partial charge in [0.05, 0.1) is 11.1 Å². The number of nitrogens with two attached hydrogens (primary N) is 1. The molecule has 0 fully saturated rings. The van der Waals surface area contributed by atoms with Crippen LogP contribution in [0.2, 0.25) is 0 Å². The monoisotopic (exact) mass is 317 g/mol. The zero-order valence-electron chi connectivity index (χ0n) is 11.8. The second-order valence-corrected chi connectivity index (χ2v) is 5.09. The molecule has 2 amide bonds. The van der Waals surface area contributed by atoms with Gasteiger partial charge in [-0.05, 0) is 36.2 Å². The Morgan fingerprint density at radius 1 is 1.00 bits per heavy atom. The summed E-state index contributed by atoms with van der Waals surface area (Å²) >= 11 is 0. The van der Waals surface area contributed by atoms with E-state index in [4.69, 9.17) is 5.73 Å². The number of hydrogen-bond donors (Lipinski definition) is 1. The summed E-state index contributed by atoms with van der Waals surface area (Å²) in [6, 6.07) is 10.3. The number of fused-ring (bicyclic) bond motifs is 1. The van der Waals surface area contributed by atoms with Crippen molar-refractivity contribution in [1.29, 1.82) is 0 Å². The number of aromatic nitrogens is 1. The van der Waals surface area contributed by atoms with E-state index in [1.165, 1.54) is 4.90 Å². The zero-order valence-corrected chi connectivity index (χ0v) is 12.6. The van der Waals surface area contributed by atoms with Crippen molar-refractivity contribution in [1.82, 2.24) is 9.88 Å². The van der Waals surface area contributed by atoms with Gasteiger partial charge in [0.2, 0.25) is 0 Å². The molecule has 0 aliphatic carbocycles. The van der Waals surface area contributed by atoms with Gasteiger partial charge in [-0.25, -0.2) is 0 Å². The molecule has 0 bridgehead atoms. The van der Waals surface area contributed by atoms with E-state index >= 15 is 0 Å². The number of nitrogens with zero attached hydrogens (tertiary/aromatic N) is 2. The maximum atomic E-state index is 12.2. The van der Waals surface area contributed by atoms with Crippen LogP contribution in [-0.2, 0) is 6.42 Å². The molecule has 0 saturated heterocycles. The van der Waals surface area contributed by atoms with E-state index in [0.29, 0.717) is 17.5 Å². The Labute approximate surface area is 134 Å². The molecule has 6 heteroatoms. The maximum absolute atomic E-state index is 12.2. The van der Waals surface area contributed by atoms with E-state index in [0.717, 1.165) is 5.56 Å². The molecule has 0 spiro atoms. The Balaban J connectivity index is 0.00000176. The Kier molecular flexibility index (Phi) is 4.90. The molecular formula is C16H16ClN3O2. The number of pyridine rings is 1. The molecule has 2 aromatic rings. The van der Waals surface area contributed by atoms with Crippen molar-refractivity contribution in [2.24, 2.45) is 5.73 Å². The van der Waals surface area contributed by atoms with Crippen LogP contribution in [0.5, 0.6) is 0 Å². The van der Waals surface area contributed by atoms with Crippen LogP contribution in [0.3, 0.4) is 0 Å². The Bertz CT molecular complexity index is 656. The molecule has 1 aliphatic rings. The van der Waals surface area contributed by atoms with Crippen molar-refractivity contribution in [2.75, 3.05) is 6.54 Å². The predicted molar refractivity (Wildman–Crippen MR) is 85.0 cm³/mol. The lowest BCUT2D eigenvalue weighted by molar-refractivity contribution is 0.0644. The number of carbonyl (C=O) groups is 2.